The van der Waals surface area contributed by atoms with Gasteiger partial charge in [0.1, 0.15) is 12.7 Å². The first-order valence-electron chi connectivity index (χ1n) is 6.48. The highest BCUT2D eigenvalue weighted by molar-refractivity contribution is 5.26. The lowest BCUT2D eigenvalue weighted by Crippen LogP contribution is -2.20. The highest BCUT2D eigenvalue weighted by Crippen LogP contribution is 2.14. The lowest BCUT2D eigenvalue weighted by molar-refractivity contribution is -0.174. The second-order valence-corrected chi connectivity index (χ2v) is 4.37. The van der Waals surface area contributed by atoms with Crippen molar-refractivity contribution in [3.63, 3.8) is 0 Å². The molecule has 0 radical (unpaired) electrons. The van der Waals surface area contributed by atoms with Crippen molar-refractivity contribution in [1.82, 2.24) is 25.2 Å². The summed E-state index contributed by atoms with van der Waals surface area (Å²) in [7, 11) is 0. The molecule has 0 atom stereocenters. The van der Waals surface area contributed by atoms with Gasteiger partial charge in [0.15, 0.2) is 23.9 Å². The molecule has 0 aliphatic heterocycles. The van der Waals surface area contributed by atoms with Crippen LogP contribution >= 0.6 is 0 Å². The van der Waals surface area contributed by atoms with Crippen molar-refractivity contribution in [2.45, 2.75) is 19.3 Å². The summed E-state index contributed by atoms with van der Waals surface area (Å²) in [4.78, 5) is 3.64. The van der Waals surface area contributed by atoms with Crippen molar-refractivity contribution >= 4 is 0 Å². The number of hydrogen-bond donors (Lipinski definition) is 0. The van der Waals surface area contributed by atoms with Crippen LogP contribution in [0.3, 0.4) is 0 Å². The van der Waals surface area contributed by atoms with Crippen molar-refractivity contribution in [2.24, 2.45) is 0 Å². The Balaban J connectivity index is 1.88. The third kappa shape index (κ3) is 5.13. The molecule has 24 heavy (non-hydrogen) atoms. The van der Waals surface area contributed by atoms with Crippen molar-refractivity contribution in [2.75, 3.05) is 13.2 Å². The number of nitrogens with zero attached hydrogens (tertiary/aromatic N) is 6. The van der Waals surface area contributed by atoms with Crippen LogP contribution in [-0.4, -0.2) is 44.6 Å². The number of pyridine rings is 1. The summed E-state index contributed by atoms with van der Waals surface area (Å²) >= 11 is 0. The van der Waals surface area contributed by atoms with Crippen LogP contribution < -0.4 is 4.74 Å². The van der Waals surface area contributed by atoms with E-state index in [1.165, 1.54) is 10.7 Å². The van der Waals surface area contributed by atoms with E-state index in [0.29, 0.717) is 0 Å². The molecule has 0 spiro atoms. The minimum atomic E-state index is -4.40. The zero-order chi connectivity index (χ0) is 17.6. The lowest BCUT2D eigenvalue weighted by Gasteiger charge is -2.09. The average Bonchev–Trinajstić information content (AvgIpc) is 2.97. The van der Waals surface area contributed by atoms with E-state index in [9.17, 15) is 17.6 Å². The van der Waals surface area contributed by atoms with Gasteiger partial charge in [-0.2, -0.15) is 23.4 Å². The van der Waals surface area contributed by atoms with E-state index in [1.807, 2.05) is 0 Å². The number of rotatable bonds is 7. The summed E-state index contributed by atoms with van der Waals surface area (Å²) in [5, 5.41) is 19.3. The Morgan fingerprint density at radius 1 is 1.29 bits per heavy atom. The number of hydrogen-bond acceptors (Lipinski definition) is 7. The minimum Gasteiger partial charge on any atom is -0.469 e. The van der Waals surface area contributed by atoms with Gasteiger partial charge in [0, 0.05) is 6.07 Å². The van der Waals surface area contributed by atoms with Crippen LogP contribution in [0.4, 0.5) is 17.6 Å². The smallest absolute Gasteiger partial charge is 0.411 e. The summed E-state index contributed by atoms with van der Waals surface area (Å²) in [6.45, 7) is -1.79. The van der Waals surface area contributed by atoms with Crippen molar-refractivity contribution < 1.29 is 27.0 Å². The molecule has 0 N–H and O–H groups in total. The molecule has 0 amide bonds. The van der Waals surface area contributed by atoms with Gasteiger partial charge in [-0.15, -0.1) is 5.10 Å². The largest absolute Gasteiger partial charge is 0.469 e. The molecule has 0 aliphatic rings. The molecule has 2 aromatic heterocycles. The Bertz CT molecular complexity index is 727. The highest BCUT2D eigenvalue weighted by atomic mass is 19.4. The summed E-state index contributed by atoms with van der Waals surface area (Å²) in [6, 6.07) is 3.81. The Kier molecular flexibility index (Phi) is 5.59. The quantitative estimate of drug-likeness (QED) is 0.549. The monoisotopic (exact) mass is 346 g/mol. The van der Waals surface area contributed by atoms with Gasteiger partial charge in [-0.05, 0) is 16.5 Å². The van der Waals surface area contributed by atoms with E-state index in [0.717, 1.165) is 6.07 Å². The lowest BCUT2D eigenvalue weighted by atomic mass is 10.3. The second-order valence-electron chi connectivity index (χ2n) is 4.37. The first-order valence-corrected chi connectivity index (χ1v) is 6.48. The van der Waals surface area contributed by atoms with E-state index >= 15 is 0 Å². The molecule has 0 fully saturated rings. The maximum absolute atomic E-state index is 13.1. The molecule has 2 aromatic rings. The van der Waals surface area contributed by atoms with Crippen molar-refractivity contribution in [1.29, 1.82) is 5.26 Å². The van der Waals surface area contributed by atoms with Gasteiger partial charge in [0.2, 0.25) is 5.88 Å². The molecule has 0 aromatic carbocycles. The Morgan fingerprint density at radius 3 is 2.79 bits per heavy atom. The molecule has 0 bridgehead atoms. The first kappa shape index (κ1) is 17.5. The van der Waals surface area contributed by atoms with Gasteiger partial charge in [-0.25, -0.2) is 9.07 Å². The molecule has 0 unspecified atom stereocenters. The molecular formula is C12H10F4N6O2. The molecule has 0 saturated heterocycles. The van der Waals surface area contributed by atoms with Crippen molar-refractivity contribution in [3.05, 3.63) is 29.5 Å². The number of ether oxygens (including phenoxy) is 2. The molecule has 12 heteroatoms. The van der Waals surface area contributed by atoms with Crippen molar-refractivity contribution in [3.8, 4) is 11.9 Å². The van der Waals surface area contributed by atoms with Crippen LogP contribution in [0.15, 0.2) is 12.1 Å². The minimum absolute atomic E-state index is 0.0118. The summed E-state index contributed by atoms with van der Waals surface area (Å²) in [5.41, 5.74) is -0.423. The number of tetrazole rings is 1. The Morgan fingerprint density at radius 2 is 2.08 bits per heavy atom. The van der Waals surface area contributed by atoms with Crippen LogP contribution in [0.5, 0.6) is 5.88 Å². The van der Waals surface area contributed by atoms with Gasteiger partial charge in [0.05, 0.1) is 13.2 Å². The Hall–Kier alpha value is -2.81. The number of nitriles is 1. The van der Waals surface area contributed by atoms with Gasteiger partial charge in [-0.1, -0.05) is 0 Å². The van der Waals surface area contributed by atoms with Crippen LogP contribution in [0.2, 0.25) is 0 Å². The number of halogens is 4. The normalized spacial score (nSPS) is 11.3. The summed E-state index contributed by atoms with van der Waals surface area (Å²) < 4.78 is 59.9. The van der Waals surface area contributed by atoms with Crippen LogP contribution in [-0.2, 0) is 17.9 Å². The maximum atomic E-state index is 13.1. The average molecular weight is 346 g/mol. The second kappa shape index (κ2) is 7.64. The third-order valence-corrected chi connectivity index (χ3v) is 2.59. The fraction of sp³-hybridized carbons (Fsp3) is 0.417. The standard InChI is InChI=1S/C12H10F4N6O2/c13-8-1-2-11(18-9(8)5-17)24-6-10-19-20-21-22(10)3-4-23-7-12(14,15)16/h1-2H,3-4,6-7H2. The summed E-state index contributed by atoms with van der Waals surface area (Å²) in [5.74, 6) is -0.595. The molecule has 2 rings (SSSR count). The molecule has 0 aliphatic carbocycles. The van der Waals surface area contributed by atoms with Gasteiger partial charge in [-0.3, -0.25) is 0 Å². The first-order chi connectivity index (χ1) is 11.4. The van der Waals surface area contributed by atoms with Crippen LogP contribution in [0, 0.1) is 17.1 Å². The van der Waals surface area contributed by atoms with E-state index in [2.05, 4.69) is 25.2 Å². The van der Waals surface area contributed by atoms with E-state index in [4.69, 9.17) is 10.00 Å². The third-order valence-electron chi connectivity index (χ3n) is 2.59. The fourth-order valence-electron chi connectivity index (χ4n) is 1.56. The van der Waals surface area contributed by atoms with Gasteiger partial charge >= 0.3 is 6.18 Å². The molecule has 8 nitrogen and oxygen atoms in total. The van der Waals surface area contributed by atoms with Crippen LogP contribution in [0.25, 0.3) is 0 Å². The van der Waals surface area contributed by atoms with Crippen LogP contribution in [0.1, 0.15) is 11.5 Å². The molecular weight excluding hydrogens is 336 g/mol. The van der Waals surface area contributed by atoms with E-state index < -0.39 is 24.3 Å². The maximum Gasteiger partial charge on any atom is 0.411 e. The number of alkyl halides is 3. The number of aromatic nitrogens is 5. The summed E-state index contributed by atoms with van der Waals surface area (Å²) in [6.07, 6.45) is -4.40. The van der Waals surface area contributed by atoms with Gasteiger partial charge in [0.25, 0.3) is 0 Å². The predicted octanol–water partition coefficient (Wildman–Crippen LogP) is 1.24. The zero-order valence-electron chi connectivity index (χ0n) is 12.0. The molecule has 128 valence electrons. The highest BCUT2D eigenvalue weighted by Gasteiger charge is 2.27. The molecule has 0 saturated carbocycles. The molecule has 2 heterocycles. The van der Waals surface area contributed by atoms with E-state index in [-0.39, 0.29) is 31.5 Å². The Labute approximate surface area is 132 Å². The topological polar surface area (TPSA) is 98.7 Å². The zero-order valence-corrected chi connectivity index (χ0v) is 12.0. The van der Waals surface area contributed by atoms with Gasteiger partial charge < -0.3 is 9.47 Å². The van der Waals surface area contributed by atoms with E-state index in [1.54, 1.807) is 6.07 Å². The fourth-order valence-corrected chi connectivity index (χ4v) is 1.56. The predicted molar refractivity (Wildman–Crippen MR) is 67.9 cm³/mol. The SMILES string of the molecule is N#Cc1nc(OCc2nnnn2CCOCC(F)(F)F)ccc1F.